The molecule has 1 aliphatic rings. The summed E-state index contributed by atoms with van der Waals surface area (Å²) in [6.45, 7) is 1.31. The molecule has 1 heterocycles. The second kappa shape index (κ2) is 4.75. The van der Waals surface area contributed by atoms with E-state index in [0.717, 1.165) is 12.3 Å². The van der Waals surface area contributed by atoms with Gasteiger partial charge in [0.2, 0.25) is 0 Å². The van der Waals surface area contributed by atoms with Crippen LogP contribution in [0.2, 0.25) is 0 Å². The molecule has 2 N–H and O–H groups in total. The Morgan fingerprint density at radius 3 is 2.50 bits per heavy atom. The highest BCUT2D eigenvalue weighted by atomic mass is 14.8. The SMILES string of the molecule is NCC1=NCC(c2ccccc2)c2ccccc21. The Balaban J connectivity index is 2.09. The quantitative estimate of drug-likeness (QED) is 0.855. The van der Waals surface area contributed by atoms with E-state index in [1.54, 1.807) is 0 Å². The first-order valence-electron chi connectivity index (χ1n) is 6.28. The van der Waals surface area contributed by atoms with Gasteiger partial charge in [0.15, 0.2) is 0 Å². The lowest BCUT2D eigenvalue weighted by atomic mass is 9.84. The summed E-state index contributed by atoms with van der Waals surface area (Å²) in [5.41, 5.74) is 10.7. The van der Waals surface area contributed by atoms with Crippen LogP contribution < -0.4 is 5.73 Å². The normalized spacial score (nSPS) is 18.1. The lowest BCUT2D eigenvalue weighted by Gasteiger charge is -2.24. The monoisotopic (exact) mass is 236 g/mol. The smallest absolute Gasteiger partial charge is 0.0559 e. The summed E-state index contributed by atoms with van der Waals surface area (Å²) in [5.74, 6) is 0.359. The van der Waals surface area contributed by atoms with Crippen LogP contribution in [-0.4, -0.2) is 18.8 Å². The van der Waals surface area contributed by atoms with E-state index in [9.17, 15) is 0 Å². The Kier molecular flexibility index (Phi) is 2.95. The van der Waals surface area contributed by atoms with Gasteiger partial charge in [-0.15, -0.1) is 0 Å². The second-order valence-corrected chi connectivity index (χ2v) is 4.54. The molecule has 0 fully saturated rings. The molecule has 0 saturated heterocycles. The van der Waals surface area contributed by atoms with Crippen LogP contribution in [0.25, 0.3) is 0 Å². The molecular formula is C16H16N2. The van der Waals surface area contributed by atoms with Gasteiger partial charge in [0.25, 0.3) is 0 Å². The van der Waals surface area contributed by atoms with Crippen LogP contribution in [0.1, 0.15) is 22.6 Å². The fourth-order valence-corrected chi connectivity index (χ4v) is 2.59. The average molecular weight is 236 g/mol. The molecule has 0 spiro atoms. The predicted molar refractivity (Wildman–Crippen MR) is 75.2 cm³/mol. The van der Waals surface area contributed by atoms with Crippen LogP contribution in [0.4, 0.5) is 0 Å². The number of aliphatic imine (C=N–C) groups is 1. The van der Waals surface area contributed by atoms with Gasteiger partial charge in [-0.25, -0.2) is 0 Å². The second-order valence-electron chi connectivity index (χ2n) is 4.54. The van der Waals surface area contributed by atoms with Crippen LogP contribution in [0.15, 0.2) is 59.6 Å². The van der Waals surface area contributed by atoms with E-state index in [1.165, 1.54) is 16.7 Å². The Labute approximate surface area is 107 Å². The standard InChI is InChI=1S/C16H16N2/c17-10-16-14-9-5-4-8-13(14)15(11-18-16)12-6-2-1-3-7-12/h1-9,15H,10-11,17H2. The maximum absolute atomic E-state index is 5.77. The maximum atomic E-state index is 5.77. The molecule has 2 nitrogen and oxygen atoms in total. The third kappa shape index (κ3) is 1.85. The fourth-order valence-electron chi connectivity index (χ4n) is 2.59. The minimum Gasteiger partial charge on any atom is -0.325 e. The lowest BCUT2D eigenvalue weighted by Crippen LogP contribution is -2.24. The highest BCUT2D eigenvalue weighted by molar-refractivity contribution is 6.04. The van der Waals surface area contributed by atoms with Crippen molar-refractivity contribution in [2.24, 2.45) is 10.7 Å². The third-order valence-electron chi connectivity index (χ3n) is 3.51. The molecule has 1 atom stereocenters. The number of benzene rings is 2. The van der Waals surface area contributed by atoms with E-state index in [-0.39, 0.29) is 0 Å². The van der Waals surface area contributed by atoms with Crippen LogP contribution in [0, 0.1) is 0 Å². The van der Waals surface area contributed by atoms with Gasteiger partial charge < -0.3 is 5.73 Å². The summed E-state index contributed by atoms with van der Waals surface area (Å²) in [6, 6.07) is 19.0. The van der Waals surface area contributed by atoms with Crippen LogP contribution in [-0.2, 0) is 0 Å². The molecule has 0 saturated carbocycles. The molecule has 0 bridgehead atoms. The van der Waals surface area contributed by atoms with Crippen molar-refractivity contribution in [3.8, 4) is 0 Å². The maximum Gasteiger partial charge on any atom is 0.0559 e. The van der Waals surface area contributed by atoms with Crippen molar-refractivity contribution in [2.45, 2.75) is 5.92 Å². The number of nitrogens with zero attached hydrogens (tertiary/aromatic N) is 1. The van der Waals surface area contributed by atoms with Crippen LogP contribution >= 0.6 is 0 Å². The van der Waals surface area contributed by atoms with Gasteiger partial charge in [-0.1, -0.05) is 54.6 Å². The Bertz CT molecular complexity index is 573. The Morgan fingerprint density at radius 2 is 1.72 bits per heavy atom. The Hall–Kier alpha value is -1.93. The minimum atomic E-state index is 0.359. The van der Waals surface area contributed by atoms with Crippen molar-refractivity contribution in [1.29, 1.82) is 0 Å². The molecule has 2 aromatic rings. The van der Waals surface area contributed by atoms with E-state index in [2.05, 4.69) is 53.5 Å². The molecule has 1 unspecified atom stereocenters. The highest BCUT2D eigenvalue weighted by Crippen LogP contribution is 2.31. The third-order valence-corrected chi connectivity index (χ3v) is 3.51. The lowest BCUT2D eigenvalue weighted by molar-refractivity contribution is 0.800. The zero-order valence-electron chi connectivity index (χ0n) is 10.2. The number of fused-ring (bicyclic) bond motifs is 1. The van der Waals surface area contributed by atoms with E-state index < -0.39 is 0 Å². The topological polar surface area (TPSA) is 38.4 Å². The fraction of sp³-hybridized carbons (Fsp3) is 0.188. The summed E-state index contributed by atoms with van der Waals surface area (Å²) in [6.07, 6.45) is 0. The van der Waals surface area contributed by atoms with Crippen molar-refractivity contribution < 1.29 is 0 Å². The molecule has 90 valence electrons. The molecule has 0 amide bonds. The first-order valence-corrected chi connectivity index (χ1v) is 6.28. The first kappa shape index (κ1) is 11.2. The summed E-state index contributed by atoms with van der Waals surface area (Å²) in [5, 5.41) is 0. The van der Waals surface area contributed by atoms with E-state index in [4.69, 9.17) is 5.73 Å². The van der Waals surface area contributed by atoms with E-state index in [0.29, 0.717) is 12.5 Å². The van der Waals surface area contributed by atoms with Gasteiger partial charge in [0, 0.05) is 18.0 Å². The molecule has 0 aromatic heterocycles. The largest absolute Gasteiger partial charge is 0.325 e. The van der Waals surface area contributed by atoms with Gasteiger partial charge in [-0.05, 0) is 11.1 Å². The van der Waals surface area contributed by atoms with E-state index in [1.807, 2.05) is 6.07 Å². The number of rotatable bonds is 2. The number of hydrogen-bond donors (Lipinski definition) is 1. The summed E-state index contributed by atoms with van der Waals surface area (Å²) < 4.78 is 0. The molecule has 1 aliphatic heterocycles. The molecule has 18 heavy (non-hydrogen) atoms. The van der Waals surface area contributed by atoms with E-state index >= 15 is 0 Å². The zero-order valence-corrected chi connectivity index (χ0v) is 10.2. The Morgan fingerprint density at radius 1 is 1.00 bits per heavy atom. The molecule has 3 rings (SSSR count). The predicted octanol–water partition coefficient (Wildman–Crippen LogP) is 2.58. The van der Waals surface area contributed by atoms with Crippen molar-refractivity contribution in [2.75, 3.05) is 13.1 Å². The molecule has 0 aliphatic carbocycles. The number of hydrogen-bond acceptors (Lipinski definition) is 2. The van der Waals surface area contributed by atoms with Gasteiger partial charge in [0.1, 0.15) is 0 Å². The molecule has 2 heteroatoms. The summed E-state index contributed by atoms with van der Waals surface area (Å²) >= 11 is 0. The molecule has 2 aromatic carbocycles. The van der Waals surface area contributed by atoms with Crippen molar-refractivity contribution >= 4 is 5.71 Å². The van der Waals surface area contributed by atoms with Gasteiger partial charge in [0.05, 0.1) is 12.3 Å². The van der Waals surface area contributed by atoms with Crippen molar-refractivity contribution in [3.63, 3.8) is 0 Å². The van der Waals surface area contributed by atoms with Gasteiger partial charge in [-0.2, -0.15) is 0 Å². The van der Waals surface area contributed by atoms with Crippen molar-refractivity contribution in [3.05, 3.63) is 71.3 Å². The summed E-state index contributed by atoms with van der Waals surface area (Å²) in [7, 11) is 0. The van der Waals surface area contributed by atoms with Gasteiger partial charge in [-0.3, -0.25) is 4.99 Å². The first-order chi connectivity index (χ1) is 8.90. The highest BCUT2D eigenvalue weighted by Gasteiger charge is 2.22. The number of nitrogens with two attached hydrogens (primary N) is 1. The van der Waals surface area contributed by atoms with Crippen LogP contribution in [0.5, 0.6) is 0 Å². The molecule has 0 radical (unpaired) electrons. The average Bonchev–Trinajstić information content (AvgIpc) is 2.47. The molecular weight excluding hydrogens is 220 g/mol. The van der Waals surface area contributed by atoms with Gasteiger partial charge >= 0.3 is 0 Å². The van der Waals surface area contributed by atoms with Crippen molar-refractivity contribution in [1.82, 2.24) is 0 Å². The summed E-state index contributed by atoms with van der Waals surface area (Å²) in [4.78, 5) is 4.64. The zero-order chi connectivity index (χ0) is 12.4. The van der Waals surface area contributed by atoms with Crippen LogP contribution in [0.3, 0.4) is 0 Å². The minimum absolute atomic E-state index is 0.359.